The van der Waals surface area contributed by atoms with Gasteiger partial charge in [0.15, 0.2) is 6.29 Å². The summed E-state index contributed by atoms with van der Waals surface area (Å²) in [6, 6.07) is 14.1. The molecule has 0 bridgehead atoms. The first-order valence-electron chi connectivity index (χ1n) is 12.2. The van der Waals surface area contributed by atoms with E-state index in [-0.39, 0.29) is 24.1 Å². The lowest BCUT2D eigenvalue weighted by atomic mass is 9.75. The molecule has 36 heavy (non-hydrogen) atoms. The Morgan fingerprint density at radius 1 is 1.08 bits per heavy atom. The summed E-state index contributed by atoms with van der Waals surface area (Å²) in [5, 5.41) is 20.1. The van der Waals surface area contributed by atoms with E-state index in [1.54, 1.807) is 18.2 Å². The van der Waals surface area contributed by atoms with Crippen molar-refractivity contribution in [1.29, 1.82) is 0 Å². The number of H-pyrrole nitrogens is 1. The lowest BCUT2D eigenvalue weighted by Gasteiger charge is -2.43. The zero-order valence-corrected chi connectivity index (χ0v) is 20.7. The molecule has 1 saturated carbocycles. The van der Waals surface area contributed by atoms with E-state index >= 15 is 0 Å². The smallest absolute Gasteiger partial charge is 0.240 e. The number of carbonyl (C=O) groups is 2. The van der Waals surface area contributed by atoms with Crippen molar-refractivity contribution >= 4 is 22.7 Å². The van der Waals surface area contributed by atoms with Crippen LogP contribution < -0.4 is 16.0 Å². The van der Waals surface area contributed by atoms with Crippen molar-refractivity contribution in [2.75, 3.05) is 20.8 Å². The van der Waals surface area contributed by atoms with Gasteiger partial charge in [-0.3, -0.25) is 14.9 Å². The number of aromatic amines is 1. The molecule has 1 aliphatic carbocycles. The molecule has 0 radical (unpaired) electrons. The van der Waals surface area contributed by atoms with Gasteiger partial charge in [-0.25, -0.2) is 0 Å². The van der Waals surface area contributed by atoms with Crippen molar-refractivity contribution in [3.63, 3.8) is 0 Å². The second kappa shape index (κ2) is 11.6. The molecule has 0 aliphatic heterocycles. The number of hydrogen-bond acceptors (Lipinski definition) is 6. The summed E-state index contributed by atoms with van der Waals surface area (Å²) >= 11 is 0. The summed E-state index contributed by atoms with van der Waals surface area (Å²) in [5.41, 5.74) is 1.91. The summed E-state index contributed by atoms with van der Waals surface area (Å²) in [4.78, 5) is 29.9. The van der Waals surface area contributed by atoms with E-state index < -0.39 is 17.9 Å². The highest BCUT2D eigenvalue weighted by molar-refractivity contribution is 5.90. The monoisotopic (exact) mass is 494 g/mol. The predicted molar refractivity (Wildman–Crippen MR) is 136 cm³/mol. The van der Waals surface area contributed by atoms with Gasteiger partial charge in [-0.2, -0.15) is 0 Å². The van der Waals surface area contributed by atoms with Crippen molar-refractivity contribution < 1.29 is 24.2 Å². The van der Waals surface area contributed by atoms with E-state index in [0.717, 1.165) is 28.5 Å². The number of nitrogens with one attached hydrogen (secondary N) is 4. The fourth-order valence-corrected chi connectivity index (χ4v) is 4.58. The fraction of sp³-hybridized carbons (Fsp3) is 0.407. The van der Waals surface area contributed by atoms with Crippen LogP contribution in [0.1, 0.15) is 30.4 Å². The Morgan fingerprint density at radius 3 is 2.50 bits per heavy atom. The number of ether oxygens (including phenoxy) is 2. The fourth-order valence-electron chi connectivity index (χ4n) is 4.58. The zero-order valence-electron chi connectivity index (χ0n) is 20.7. The van der Waals surface area contributed by atoms with Crippen molar-refractivity contribution in [3.8, 4) is 5.75 Å². The van der Waals surface area contributed by atoms with Crippen LogP contribution in [0.15, 0.2) is 54.7 Å². The molecule has 3 aromatic rings. The average molecular weight is 495 g/mol. The number of hydrogen-bond donors (Lipinski definition) is 5. The predicted octanol–water partition coefficient (Wildman–Crippen LogP) is 2.35. The van der Waals surface area contributed by atoms with Crippen LogP contribution in [0.5, 0.6) is 5.75 Å². The molecule has 0 spiro atoms. The van der Waals surface area contributed by atoms with Gasteiger partial charge in [0.05, 0.1) is 18.1 Å². The highest BCUT2D eigenvalue weighted by Crippen LogP contribution is 2.33. The van der Waals surface area contributed by atoms with Gasteiger partial charge < -0.3 is 30.2 Å². The summed E-state index contributed by atoms with van der Waals surface area (Å²) in [7, 11) is 3.02. The standard InChI is InChI=1S/C27H34N4O5/c1-35-24(36-2)17-29-25(33)23(13-19-16-28-22-10-9-20(32)14-21(19)22)31-27(11-6-12-27)26(34)30-15-18-7-4-3-5-8-18/h3-5,7-10,14,16,23-24,28,31-32H,6,11-13,15,17H2,1-2H3,(H,29,33)(H,30,34)/t23-/m0/s1. The van der Waals surface area contributed by atoms with E-state index in [4.69, 9.17) is 9.47 Å². The molecule has 9 nitrogen and oxygen atoms in total. The van der Waals surface area contributed by atoms with Gasteiger partial charge in [0.25, 0.3) is 0 Å². The van der Waals surface area contributed by atoms with Crippen LogP contribution in [0.3, 0.4) is 0 Å². The van der Waals surface area contributed by atoms with Gasteiger partial charge in [0, 0.05) is 37.9 Å². The molecule has 1 aliphatic rings. The van der Waals surface area contributed by atoms with Gasteiger partial charge in [-0.15, -0.1) is 0 Å². The summed E-state index contributed by atoms with van der Waals surface area (Å²) < 4.78 is 10.4. The topological polar surface area (TPSA) is 125 Å². The third kappa shape index (κ3) is 5.87. The highest BCUT2D eigenvalue weighted by atomic mass is 16.7. The lowest BCUT2D eigenvalue weighted by molar-refractivity contribution is -0.135. The van der Waals surface area contributed by atoms with E-state index in [1.165, 1.54) is 14.2 Å². The number of carbonyl (C=O) groups excluding carboxylic acids is 2. The van der Waals surface area contributed by atoms with Crippen LogP contribution in [-0.2, 0) is 32.0 Å². The number of phenols is 1. The molecule has 0 saturated heterocycles. The van der Waals surface area contributed by atoms with Crippen molar-refractivity contribution in [3.05, 3.63) is 65.9 Å². The molecule has 4 rings (SSSR count). The number of phenolic OH excluding ortho intramolecular Hbond substituents is 1. The zero-order chi connectivity index (χ0) is 25.5. The molecule has 2 aromatic carbocycles. The second-order valence-corrected chi connectivity index (χ2v) is 9.19. The molecule has 1 heterocycles. The maximum atomic E-state index is 13.4. The molecular weight excluding hydrogens is 460 g/mol. The Bertz CT molecular complexity index is 1170. The number of aromatic nitrogens is 1. The third-order valence-electron chi connectivity index (χ3n) is 6.85. The molecular formula is C27H34N4O5. The Hall–Kier alpha value is -3.40. The summed E-state index contributed by atoms with van der Waals surface area (Å²) in [6.45, 7) is 0.594. The van der Waals surface area contributed by atoms with E-state index in [1.807, 2.05) is 36.5 Å². The summed E-state index contributed by atoms with van der Waals surface area (Å²) in [6.07, 6.45) is 3.77. The van der Waals surface area contributed by atoms with Crippen molar-refractivity contribution in [2.24, 2.45) is 0 Å². The Labute approximate surface area is 210 Å². The molecule has 1 aromatic heterocycles. The van der Waals surface area contributed by atoms with E-state index in [0.29, 0.717) is 25.8 Å². The molecule has 2 amide bonds. The van der Waals surface area contributed by atoms with E-state index in [2.05, 4.69) is 20.9 Å². The molecule has 0 unspecified atom stereocenters. The normalized spacial score (nSPS) is 15.4. The first-order chi connectivity index (χ1) is 17.4. The minimum atomic E-state index is -0.826. The molecule has 9 heteroatoms. The van der Waals surface area contributed by atoms with Crippen LogP contribution in [0.4, 0.5) is 0 Å². The first-order valence-corrected chi connectivity index (χ1v) is 12.2. The van der Waals surface area contributed by atoms with Gasteiger partial charge >= 0.3 is 0 Å². The molecule has 5 N–H and O–H groups in total. The average Bonchev–Trinajstić information content (AvgIpc) is 3.26. The number of benzene rings is 2. The van der Waals surface area contributed by atoms with Gasteiger partial charge in [0.2, 0.25) is 11.8 Å². The van der Waals surface area contributed by atoms with Crippen LogP contribution in [0.25, 0.3) is 10.9 Å². The van der Waals surface area contributed by atoms with Gasteiger partial charge in [0.1, 0.15) is 5.75 Å². The quantitative estimate of drug-likeness (QED) is 0.246. The third-order valence-corrected chi connectivity index (χ3v) is 6.85. The molecule has 1 atom stereocenters. The largest absolute Gasteiger partial charge is 0.508 e. The Morgan fingerprint density at radius 2 is 1.83 bits per heavy atom. The van der Waals surface area contributed by atoms with Crippen LogP contribution in [0.2, 0.25) is 0 Å². The van der Waals surface area contributed by atoms with Crippen LogP contribution in [-0.4, -0.2) is 60.5 Å². The second-order valence-electron chi connectivity index (χ2n) is 9.19. The Kier molecular flexibility index (Phi) is 8.25. The minimum absolute atomic E-state index is 0.112. The van der Waals surface area contributed by atoms with Gasteiger partial charge in [-0.05, 0) is 55.0 Å². The SMILES string of the molecule is COC(CNC(=O)[C@H](Cc1c[nH]c2ccc(O)cc12)NC1(C(=O)NCc2ccccc2)CCC1)OC. The number of aromatic hydroxyl groups is 1. The number of rotatable bonds is 12. The number of fused-ring (bicyclic) bond motifs is 1. The Balaban J connectivity index is 1.53. The van der Waals surface area contributed by atoms with Crippen LogP contribution >= 0.6 is 0 Å². The maximum absolute atomic E-state index is 13.4. The maximum Gasteiger partial charge on any atom is 0.240 e. The van der Waals surface area contributed by atoms with Gasteiger partial charge in [-0.1, -0.05) is 30.3 Å². The summed E-state index contributed by atoms with van der Waals surface area (Å²) in [5.74, 6) is -0.222. The molecule has 192 valence electrons. The van der Waals surface area contributed by atoms with E-state index in [9.17, 15) is 14.7 Å². The highest BCUT2D eigenvalue weighted by Gasteiger charge is 2.46. The lowest BCUT2D eigenvalue weighted by Crippen LogP contribution is -2.66. The van der Waals surface area contributed by atoms with Crippen molar-refractivity contribution in [1.82, 2.24) is 20.9 Å². The first kappa shape index (κ1) is 25.7. The molecule has 1 fully saturated rings. The van der Waals surface area contributed by atoms with Crippen LogP contribution in [0, 0.1) is 0 Å². The minimum Gasteiger partial charge on any atom is -0.508 e. The van der Waals surface area contributed by atoms with Crippen molar-refractivity contribution in [2.45, 2.75) is 50.1 Å². The number of methoxy groups -OCH3 is 2. The number of amides is 2.